The zero-order valence-electron chi connectivity index (χ0n) is 7.64. The van der Waals surface area contributed by atoms with Crippen LogP contribution >= 0.6 is 0 Å². The summed E-state index contributed by atoms with van der Waals surface area (Å²) < 4.78 is 5.01. The molecule has 5 nitrogen and oxygen atoms in total. The molecule has 0 aromatic carbocycles. The van der Waals surface area contributed by atoms with Gasteiger partial charge in [-0.3, -0.25) is 0 Å². The van der Waals surface area contributed by atoms with Crippen molar-refractivity contribution in [1.29, 1.82) is 0 Å². The van der Waals surface area contributed by atoms with Gasteiger partial charge in [0.15, 0.2) is 6.04 Å². The summed E-state index contributed by atoms with van der Waals surface area (Å²) in [5.41, 5.74) is 0. The lowest BCUT2D eigenvalue weighted by molar-refractivity contribution is -0.138. The third-order valence-corrected chi connectivity index (χ3v) is 1.18. The molecule has 0 saturated carbocycles. The van der Waals surface area contributed by atoms with Crippen molar-refractivity contribution in [2.75, 3.05) is 19.8 Å². The van der Waals surface area contributed by atoms with Gasteiger partial charge in [0.25, 0.3) is 0 Å². The molecule has 0 rings (SSSR count). The van der Waals surface area contributed by atoms with Gasteiger partial charge in [0.05, 0.1) is 19.8 Å². The number of rotatable bonds is 7. The van der Waals surface area contributed by atoms with Crippen molar-refractivity contribution in [2.24, 2.45) is 10.2 Å². The summed E-state index contributed by atoms with van der Waals surface area (Å²) in [5.74, 6) is -0.976. The van der Waals surface area contributed by atoms with E-state index >= 15 is 0 Å². The van der Waals surface area contributed by atoms with Crippen molar-refractivity contribution in [2.45, 2.75) is 13.0 Å². The maximum atomic E-state index is 10.3. The van der Waals surface area contributed by atoms with Crippen molar-refractivity contribution in [1.82, 2.24) is 0 Å². The second-order valence-electron chi connectivity index (χ2n) is 2.36. The van der Waals surface area contributed by atoms with Gasteiger partial charge in [-0.1, -0.05) is 6.08 Å². The molecular formula is C8H14N2O3. The van der Waals surface area contributed by atoms with E-state index in [1.807, 2.05) is 0 Å². The minimum absolute atomic E-state index is 0.380. The number of nitrogens with zero attached hydrogens (tertiary/aromatic N) is 2. The molecule has 0 spiro atoms. The average Bonchev–Trinajstić information content (AvgIpc) is 2.10. The highest BCUT2D eigenvalue weighted by Crippen LogP contribution is 1.90. The van der Waals surface area contributed by atoms with Crippen LogP contribution in [0.2, 0.25) is 0 Å². The predicted octanol–water partition coefficient (Wildman–Crippen LogP) is 1.11. The van der Waals surface area contributed by atoms with E-state index in [9.17, 15) is 4.79 Å². The van der Waals surface area contributed by atoms with Crippen LogP contribution in [-0.2, 0) is 9.53 Å². The van der Waals surface area contributed by atoms with Gasteiger partial charge < -0.3 is 9.84 Å². The molecule has 1 N–H and O–H groups in total. The van der Waals surface area contributed by atoms with Gasteiger partial charge in [-0.2, -0.15) is 10.2 Å². The minimum atomic E-state index is -0.976. The first-order chi connectivity index (χ1) is 6.18. The van der Waals surface area contributed by atoms with E-state index in [0.29, 0.717) is 19.8 Å². The van der Waals surface area contributed by atoms with Crippen LogP contribution in [0.1, 0.15) is 6.92 Å². The molecule has 5 heteroatoms. The molecule has 1 unspecified atom stereocenters. The van der Waals surface area contributed by atoms with Crippen molar-refractivity contribution in [3.05, 3.63) is 12.7 Å². The van der Waals surface area contributed by atoms with Gasteiger partial charge in [0.2, 0.25) is 0 Å². The maximum absolute atomic E-state index is 10.3. The van der Waals surface area contributed by atoms with E-state index in [4.69, 9.17) is 9.84 Å². The highest BCUT2D eigenvalue weighted by atomic mass is 16.5. The Labute approximate surface area is 77.1 Å². The van der Waals surface area contributed by atoms with E-state index in [-0.39, 0.29) is 0 Å². The van der Waals surface area contributed by atoms with Crippen LogP contribution < -0.4 is 0 Å². The number of ether oxygens (including phenoxy) is 1. The number of carboxylic acids is 1. The first-order valence-electron chi connectivity index (χ1n) is 3.96. The third-order valence-electron chi connectivity index (χ3n) is 1.18. The number of hydrogen-bond acceptors (Lipinski definition) is 4. The van der Waals surface area contributed by atoms with Crippen molar-refractivity contribution >= 4 is 5.97 Å². The van der Waals surface area contributed by atoms with Crippen LogP contribution in [-0.4, -0.2) is 36.9 Å². The summed E-state index contributed by atoms with van der Waals surface area (Å²) in [5, 5.41) is 15.6. The topological polar surface area (TPSA) is 71.2 Å². The highest BCUT2D eigenvalue weighted by molar-refractivity contribution is 5.72. The molecule has 0 aromatic heterocycles. The van der Waals surface area contributed by atoms with Gasteiger partial charge in [-0.25, -0.2) is 4.79 Å². The number of azo groups is 1. The Morgan fingerprint density at radius 1 is 1.77 bits per heavy atom. The second kappa shape index (κ2) is 7.42. The lowest BCUT2D eigenvalue weighted by Gasteiger charge is -1.97. The molecule has 0 heterocycles. The van der Waals surface area contributed by atoms with E-state index in [2.05, 4.69) is 16.8 Å². The Kier molecular flexibility index (Phi) is 6.72. The van der Waals surface area contributed by atoms with Crippen LogP contribution in [0, 0.1) is 0 Å². The molecule has 0 fully saturated rings. The number of hydrogen-bond donors (Lipinski definition) is 1. The van der Waals surface area contributed by atoms with E-state index < -0.39 is 12.0 Å². The van der Waals surface area contributed by atoms with Gasteiger partial charge in [-0.05, 0) is 6.92 Å². The largest absolute Gasteiger partial charge is 0.480 e. The van der Waals surface area contributed by atoms with Crippen molar-refractivity contribution < 1.29 is 14.6 Å². The first-order valence-corrected chi connectivity index (χ1v) is 3.96. The van der Waals surface area contributed by atoms with E-state index in [0.717, 1.165) is 0 Å². The molecule has 0 aliphatic carbocycles. The smallest absolute Gasteiger partial charge is 0.330 e. The summed E-state index contributed by atoms with van der Waals surface area (Å²) in [6.07, 6.45) is 1.64. The standard InChI is InChI=1S/C8H14N2O3/c1-3-5-13-6-4-9-10-7(2)8(11)12/h3,7H,1,4-6H2,2H3,(H,11,12). The maximum Gasteiger partial charge on any atom is 0.330 e. The monoisotopic (exact) mass is 186 g/mol. The van der Waals surface area contributed by atoms with Crippen LogP contribution in [0.25, 0.3) is 0 Å². The molecule has 0 saturated heterocycles. The molecule has 0 aromatic rings. The number of carbonyl (C=O) groups is 1. The molecular weight excluding hydrogens is 172 g/mol. The molecule has 0 radical (unpaired) electrons. The van der Waals surface area contributed by atoms with Gasteiger partial charge in [0, 0.05) is 0 Å². The Balaban J connectivity index is 3.40. The summed E-state index contributed by atoms with van der Waals surface area (Å²) in [6.45, 7) is 6.23. The normalized spacial score (nSPS) is 13.0. The van der Waals surface area contributed by atoms with E-state index in [1.54, 1.807) is 6.08 Å². The molecule has 1 atom stereocenters. The minimum Gasteiger partial charge on any atom is -0.480 e. The summed E-state index contributed by atoms with van der Waals surface area (Å²) in [4.78, 5) is 10.3. The van der Waals surface area contributed by atoms with Gasteiger partial charge >= 0.3 is 5.97 Å². The fourth-order valence-electron chi connectivity index (χ4n) is 0.502. The Hall–Kier alpha value is -1.23. The summed E-state index contributed by atoms with van der Waals surface area (Å²) >= 11 is 0. The Bertz CT molecular complexity index is 192. The van der Waals surface area contributed by atoms with Gasteiger partial charge in [0.1, 0.15) is 0 Å². The quantitative estimate of drug-likeness (QED) is 0.368. The molecule has 13 heavy (non-hydrogen) atoms. The van der Waals surface area contributed by atoms with Gasteiger partial charge in [-0.15, -0.1) is 6.58 Å². The van der Waals surface area contributed by atoms with Crippen LogP contribution in [0.3, 0.4) is 0 Å². The first kappa shape index (κ1) is 11.8. The zero-order chi connectivity index (χ0) is 10.1. The lowest BCUT2D eigenvalue weighted by atomic mass is 10.4. The fraction of sp³-hybridized carbons (Fsp3) is 0.625. The number of carboxylic acid groups (broad SMARTS) is 1. The van der Waals surface area contributed by atoms with E-state index in [1.165, 1.54) is 6.92 Å². The Morgan fingerprint density at radius 3 is 3.00 bits per heavy atom. The SMILES string of the molecule is C=CCOCCN=NC(C)C(=O)O. The second-order valence-corrected chi connectivity index (χ2v) is 2.36. The fourth-order valence-corrected chi connectivity index (χ4v) is 0.502. The molecule has 0 amide bonds. The molecule has 0 aliphatic heterocycles. The van der Waals surface area contributed by atoms with Crippen molar-refractivity contribution in [3.63, 3.8) is 0 Å². The van der Waals surface area contributed by atoms with Crippen LogP contribution in [0.15, 0.2) is 22.9 Å². The highest BCUT2D eigenvalue weighted by Gasteiger charge is 2.07. The molecule has 0 aliphatic rings. The predicted molar refractivity (Wildman–Crippen MR) is 47.8 cm³/mol. The number of aliphatic carboxylic acids is 1. The molecule has 0 bridgehead atoms. The third kappa shape index (κ3) is 7.14. The zero-order valence-corrected chi connectivity index (χ0v) is 7.64. The summed E-state index contributed by atoms with van der Waals surface area (Å²) in [6, 6.07) is -0.778. The Morgan fingerprint density at radius 2 is 2.46 bits per heavy atom. The van der Waals surface area contributed by atoms with Crippen LogP contribution in [0.4, 0.5) is 0 Å². The average molecular weight is 186 g/mol. The van der Waals surface area contributed by atoms with Crippen molar-refractivity contribution in [3.8, 4) is 0 Å². The lowest BCUT2D eigenvalue weighted by Crippen LogP contribution is -2.12. The summed E-state index contributed by atoms with van der Waals surface area (Å²) in [7, 11) is 0. The van der Waals surface area contributed by atoms with Crippen LogP contribution in [0.5, 0.6) is 0 Å². The molecule has 74 valence electrons.